The van der Waals surface area contributed by atoms with Gasteiger partial charge in [0, 0.05) is 27.3 Å². The second-order valence-corrected chi connectivity index (χ2v) is 11.8. The Balaban J connectivity index is 0.00000294. The van der Waals surface area contributed by atoms with Crippen LogP contribution in [0.2, 0.25) is 0 Å². The molecule has 0 atom stereocenters. The lowest BCUT2D eigenvalue weighted by Gasteiger charge is -2.24. The van der Waals surface area contributed by atoms with Crippen LogP contribution >= 0.6 is 0 Å². The number of ether oxygens (including phenoxy) is 2. The van der Waals surface area contributed by atoms with Crippen molar-refractivity contribution in [3.8, 4) is 17.4 Å². The molecule has 0 bridgehead atoms. The number of nitrogens with one attached hydrogen (secondary N) is 3. The van der Waals surface area contributed by atoms with E-state index in [9.17, 15) is 13.2 Å². The Hall–Kier alpha value is -4.38. The molecule has 2 amide bonds. The highest BCUT2D eigenvalue weighted by Crippen LogP contribution is 2.39. The zero-order chi connectivity index (χ0) is 28.4. The van der Waals surface area contributed by atoms with E-state index in [1.807, 2.05) is 45.0 Å². The van der Waals surface area contributed by atoms with Gasteiger partial charge in [0.2, 0.25) is 15.9 Å². The minimum atomic E-state index is -3.60. The molecule has 210 valence electrons. The summed E-state index contributed by atoms with van der Waals surface area (Å²) in [7, 11) is -2.19. The zero-order valence-corrected chi connectivity index (χ0v) is 23.4. The molecule has 1 heterocycles. The average Bonchev–Trinajstić information content (AvgIpc) is 2.84. The normalized spacial score (nSPS) is 11.6. The highest BCUT2D eigenvalue weighted by Gasteiger charge is 2.22. The van der Waals surface area contributed by atoms with Crippen molar-refractivity contribution in [3.05, 3.63) is 72.2 Å². The maximum Gasteiger partial charge on any atom is 0.323 e. The standard InChI is InChI=1S/C28H31N5O5S.3H2/c1-17-29-14-13-25(30-17)38-24-12-11-21(19-9-7-8-10-20(19)24)31-27(34)32-22-15-18(28(2,3)4)16-23(26(22)37-5)33-39(6,35)36;;;/h7-16,33H,1-6H3,(H2,31,32,34);3*1H. The predicted molar refractivity (Wildman–Crippen MR) is 160 cm³/mol. The monoisotopic (exact) mass is 555 g/mol. The molecule has 0 saturated carbocycles. The molecule has 0 aliphatic heterocycles. The van der Waals surface area contributed by atoms with Crippen LogP contribution in [0.25, 0.3) is 10.8 Å². The second kappa shape index (κ2) is 10.8. The first kappa shape index (κ1) is 27.6. The molecule has 11 heteroatoms. The van der Waals surface area contributed by atoms with Gasteiger partial charge in [0.1, 0.15) is 11.6 Å². The molecule has 0 spiro atoms. The minimum absolute atomic E-state index is 0. The quantitative estimate of drug-likeness (QED) is 0.229. The number of anilines is 3. The third kappa shape index (κ3) is 6.74. The number of rotatable bonds is 7. The Kier molecular flexibility index (Phi) is 7.64. The van der Waals surface area contributed by atoms with Crippen molar-refractivity contribution in [2.45, 2.75) is 33.1 Å². The summed E-state index contributed by atoms with van der Waals surface area (Å²) in [6.45, 7) is 7.74. The van der Waals surface area contributed by atoms with Crippen LogP contribution in [0.4, 0.5) is 21.9 Å². The fourth-order valence-corrected chi connectivity index (χ4v) is 4.55. The lowest BCUT2D eigenvalue weighted by molar-refractivity contribution is 0.262. The van der Waals surface area contributed by atoms with Gasteiger partial charge < -0.3 is 20.1 Å². The van der Waals surface area contributed by atoms with Crippen molar-refractivity contribution >= 4 is 43.9 Å². The molecule has 3 aromatic carbocycles. The number of benzene rings is 3. The second-order valence-electron chi connectivity index (χ2n) is 10.0. The Morgan fingerprint density at radius 2 is 1.62 bits per heavy atom. The zero-order valence-electron chi connectivity index (χ0n) is 22.6. The van der Waals surface area contributed by atoms with E-state index in [1.165, 1.54) is 7.11 Å². The van der Waals surface area contributed by atoms with Crippen molar-refractivity contribution in [1.82, 2.24) is 9.97 Å². The van der Waals surface area contributed by atoms with Gasteiger partial charge in [0.05, 0.1) is 30.4 Å². The van der Waals surface area contributed by atoms with Crippen LogP contribution in [0.1, 0.15) is 36.4 Å². The highest BCUT2D eigenvalue weighted by molar-refractivity contribution is 7.92. The lowest BCUT2D eigenvalue weighted by atomic mass is 9.86. The Bertz CT molecular complexity index is 1660. The van der Waals surface area contributed by atoms with E-state index in [2.05, 4.69) is 25.3 Å². The number of fused-ring (bicyclic) bond motifs is 1. The third-order valence-corrected chi connectivity index (χ3v) is 6.39. The summed E-state index contributed by atoms with van der Waals surface area (Å²) in [4.78, 5) is 21.6. The molecule has 10 nitrogen and oxygen atoms in total. The molecule has 0 fully saturated rings. The van der Waals surface area contributed by atoms with Gasteiger partial charge in [0.25, 0.3) is 0 Å². The summed E-state index contributed by atoms with van der Waals surface area (Å²) < 4.78 is 38.0. The van der Waals surface area contributed by atoms with Crippen LogP contribution < -0.4 is 24.8 Å². The van der Waals surface area contributed by atoms with E-state index in [4.69, 9.17) is 9.47 Å². The Labute approximate surface area is 232 Å². The lowest BCUT2D eigenvalue weighted by Crippen LogP contribution is -2.22. The molecule has 0 radical (unpaired) electrons. The van der Waals surface area contributed by atoms with Crippen molar-refractivity contribution in [2.24, 2.45) is 0 Å². The summed E-state index contributed by atoms with van der Waals surface area (Å²) >= 11 is 0. The molecule has 4 aromatic rings. The molecule has 3 N–H and O–H groups in total. The summed E-state index contributed by atoms with van der Waals surface area (Å²) in [5.74, 6) is 1.77. The number of urea groups is 1. The van der Waals surface area contributed by atoms with Gasteiger partial charge in [-0.3, -0.25) is 4.72 Å². The maximum absolute atomic E-state index is 13.2. The van der Waals surface area contributed by atoms with Gasteiger partial charge in [-0.05, 0) is 42.2 Å². The first-order valence-electron chi connectivity index (χ1n) is 12.1. The van der Waals surface area contributed by atoms with Crippen LogP contribution in [-0.2, 0) is 15.4 Å². The number of nitrogens with zero attached hydrogens (tertiary/aromatic N) is 2. The fourth-order valence-electron chi connectivity index (χ4n) is 4.00. The minimum Gasteiger partial charge on any atom is -0.492 e. The first-order chi connectivity index (χ1) is 18.3. The molecule has 0 saturated heterocycles. The number of aryl methyl sites for hydroxylation is 1. The molecule has 4 rings (SSSR count). The third-order valence-electron chi connectivity index (χ3n) is 5.80. The molecular weight excluding hydrogens is 518 g/mol. The van der Waals surface area contributed by atoms with E-state index >= 15 is 0 Å². The van der Waals surface area contributed by atoms with Crippen LogP contribution in [0.15, 0.2) is 60.8 Å². The summed E-state index contributed by atoms with van der Waals surface area (Å²) in [5, 5.41) is 7.23. The number of amides is 2. The Morgan fingerprint density at radius 3 is 2.26 bits per heavy atom. The number of aromatic nitrogens is 2. The smallest absolute Gasteiger partial charge is 0.323 e. The predicted octanol–water partition coefficient (Wildman–Crippen LogP) is 6.79. The number of methoxy groups -OCH3 is 1. The fraction of sp³-hybridized carbons (Fsp3) is 0.250. The van der Waals surface area contributed by atoms with Crippen LogP contribution in [0, 0.1) is 6.92 Å². The van der Waals surface area contributed by atoms with E-state index < -0.39 is 16.1 Å². The van der Waals surface area contributed by atoms with Crippen molar-refractivity contribution < 1.29 is 27.0 Å². The number of hydrogen-bond acceptors (Lipinski definition) is 7. The van der Waals surface area contributed by atoms with Gasteiger partial charge >= 0.3 is 6.03 Å². The molecule has 1 aromatic heterocycles. The summed E-state index contributed by atoms with van der Waals surface area (Å²) in [5.41, 5.74) is 1.57. The largest absolute Gasteiger partial charge is 0.492 e. The topological polar surface area (TPSA) is 132 Å². The number of carbonyl (C=O) groups excluding carboxylic acids is 1. The summed E-state index contributed by atoms with van der Waals surface area (Å²) in [6.07, 6.45) is 2.68. The molecule has 0 aliphatic rings. The number of sulfonamides is 1. The molecule has 0 unspecified atom stereocenters. The highest BCUT2D eigenvalue weighted by atomic mass is 32.2. The average molecular weight is 556 g/mol. The molecule has 0 aliphatic carbocycles. The van der Waals surface area contributed by atoms with Gasteiger partial charge in [0.15, 0.2) is 5.75 Å². The SMILES string of the molecule is COc1c(NC(=O)Nc2ccc(Oc3ccnc(C)n3)c3ccccc23)cc(C(C)(C)C)cc1NS(C)(=O)=O.[HH].[HH].[HH]. The van der Waals surface area contributed by atoms with E-state index in [-0.39, 0.29) is 21.1 Å². The maximum atomic E-state index is 13.2. The van der Waals surface area contributed by atoms with E-state index in [0.29, 0.717) is 28.8 Å². The first-order valence-corrected chi connectivity index (χ1v) is 14.0. The van der Waals surface area contributed by atoms with Crippen LogP contribution in [0.5, 0.6) is 17.4 Å². The molecule has 39 heavy (non-hydrogen) atoms. The van der Waals surface area contributed by atoms with E-state index in [1.54, 1.807) is 43.5 Å². The van der Waals surface area contributed by atoms with Crippen LogP contribution in [0.3, 0.4) is 0 Å². The van der Waals surface area contributed by atoms with Gasteiger partial charge in [-0.15, -0.1) is 0 Å². The number of hydrogen-bond donors (Lipinski definition) is 3. The van der Waals surface area contributed by atoms with Crippen molar-refractivity contribution in [1.29, 1.82) is 0 Å². The van der Waals surface area contributed by atoms with Crippen LogP contribution in [-0.4, -0.2) is 37.8 Å². The van der Waals surface area contributed by atoms with Gasteiger partial charge in [-0.2, -0.15) is 4.98 Å². The Morgan fingerprint density at radius 1 is 0.949 bits per heavy atom. The number of carbonyl (C=O) groups is 1. The van der Waals surface area contributed by atoms with Gasteiger partial charge in [-0.1, -0.05) is 45.0 Å². The van der Waals surface area contributed by atoms with Crippen molar-refractivity contribution in [3.63, 3.8) is 0 Å². The summed E-state index contributed by atoms with van der Waals surface area (Å²) in [6, 6.07) is 15.6. The van der Waals surface area contributed by atoms with Crippen molar-refractivity contribution in [2.75, 3.05) is 28.7 Å². The van der Waals surface area contributed by atoms with Gasteiger partial charge in [-0.25, -0.2) is 18.2 Å². The molecular formula is C28H37N5O5S. The van der Waals surface area contributed by atoms with E-state index in [0.717, 1.165) is 22.6 Å².